The summed E-state index contributed by atoms with van der Waals surface area (Å²) in [6, 6.07) is 5.95. The van der Waals surface area contributed by atoms with E-state index in [0.29, 0.717) is 18.7 Å². The molecule has 0 aliphatic rings. The third-order valence-electron chi connectivity index (χ3n) is 2.63. The third kappa shape index (κ3) is 3.46. The highest BCUT2D eigenvalue weighted by atomic mass is 32.1. The van der Waals surface area contributed by atoms with Crippen LogP contribution in [0.5, 0.6) is 0 Å². The van der Waals surface area contributed by atoms with E-state index in [1.165, 1.54) is 6.07 Å². The van der Waals surface area contributed by atoms with Crippen LogP contribution in [0, 0.1) is 5.82 Å². The van der Waals surface area contributed by atoms with Crippen molar-refractivity contribution in [2.45, 2.75) is 13.0 Å². The molecule has 0 heterocycles. The van der Waals surface area contributed by atoms with Crippen LogP contribution < -0.4 is 5.73 Å². The Bertz CT molecular complexity index is 387. The van der Waals surface area contributed by atoms with Gasteiger partial charge in [-0.15, -0.1) is 0 Å². The topological polar surface area (TPSA) is 49.5 Å². The van der Waals surface area contributed by atoms with Crippen molar-refractivity contribution in [3.63, 3.8) is 0 Å². The second kappa shape index (κ2) is 6.64. The fourth-order valence-corrected chi connectivity index (χ4v) is 2.10. The van der Waals surface area contributed by atoms with Crippen LogP contribution in [-0.4, -0.2) is 34.7 Å². The first-order valence-electron chi connectivity index (χ1n) is 5.50. The van der Waals surface area contributed by atoms with E-state index in [1.54, 1.807) is 18.2 Å². The lowest BCUT2D eigenvalue weighted by atomic mass is 10.0. The fourth-order valence-electron chi connectivity index (χ4n) is 1.82. The zero-order valence-corrected chi connectivity index (χ0v) is 10.6. The molecule has 1 unspecified atom stereocenters. The first-order chi connectivity index (χ1) is 8.11. The second-order valence-electron chi connectivity index (χ2n) is 3.68. The summed E-state index contributed by atoms with van der Waals surface area (Å²) in [6.45, 7) is 2.95. The van der Waals surface area contributed by atoms with Crippen molar-refractivity contribution < 1.29 is 9.50 Å². The largest absolute Gasteiger partial charge is 0.395 e. The van der Waals surface area contributed by atoms with Crippen molar-refractivity contribution in [3.05, 3.63) is 35.6 Å². The number of aliphatic hydroxyl groups excluding tert-OH is 1. The van der Waals surface area contributed by atoms with Gasteiger partial charge in [-0.2, -0.15) is 0 Å². The summed E-state index contributed by atoms with van der Waals surface area (Å²) >= 11 is 5.00. The molecular weight excluding hydrogens is 239 g/mol. The molecule has 5 heteroatoms. The first kappa shape index (κ1) is 14.0. The molecule has 0 aliphatic carbocycles. The number of benzene rings is 1. The highest BCUT2D eigenvalue weighted by Crippen LogP contribution is 2.23. The molecule has 0 bridgehead atoms. The van der Waals surface area contributed by atoms with Crippen LogP contribution in [0.15, 0.2) is 24.3 Å². The number of likely N-dealkylation sites (N-methyl/N-ethyl adjacent to an activating group) is 1. The molecule has 3 N–H and O–H groups in total. The molecule has 3 nitrogen and oxygen atoms in total. The van der Waals surface area contributed by atoms with E-state index in [1.807, 2.05) is 11.8 Å². The average molecular weight is 256 g/mol. The Labute approximate surface area is 106 Å². The van der Waals surface area contributed by atoms with Gasteiger partial charge in [-0.1, -0.05) is 37.3 Å². The number of hydrogen-bond acceptors (Lipinski definition) is 3. The lowest BCUT2D eigenvalue weighted by Gasteiger charge is -2.29. The van der Waals surface area contributed by atoms with Gasteiger partial charge in [-0.3, -0.25) is 4.90 Å². The summed E-state index contributed by atoms with van der Waals surface area (Å²) in [5.41, 5.74) is 6.14. The number of thiocarbonyl (C=S) groups is 1. The number of halogens is 1. The number of rotatable bonds is 6. The molecule has 1 aromatic rings. The van der Waals surface area contributed by atoms with E-state index >= 15 is 0 Å². The Kier molecular flexibility index (Phi) is 5.47. The summed E-state index contributed by atoms with van der Waals surface area (Å²) in [5.74, 6) is -0.332. The quantitative estimate of drug-likeness (QED) is 0.757. The first-order valence-corrected chi connectivity index (χ1v) is 5.91. The summed E-state index contributed by atoms with van der Waals surface area (Å²) in [4.78, 5) is 2.06. The van der Waals surface area contributed by atoms with E-state index in [9.17, 15) is 4.39 Å². The van der Waals surface area contributed by atoms with Gasteiger partial charge < -0.3 is 10.8 Å². The minimum atomic E-state index is -0.469. The monoisotopic (exact) mass is 256 g/mol. The van der Waals surface area contributed by atoms with Gasteiger partial charge >= 0.3 is 0 Å². The Morgan fingerprint density at radius 3 is 2.65 bits per heavy atom. The number of nitrogens with zero attached hydrogens (tertiary/aromatic N) is 1. The molecule has 0 saturated heterocycles. The molecule has 0 amide bonds. The van der Waals surface area contributed by atoms with Gasteiger partial charge in [0.2, 0.25) is 0 Å². The van der Waals surface area contributed by atoms with Crippen LogP contribution in [0.4, 0.5) is 4.39 Å². The Hall–Kier alpha value is -1.04. The van der Waals surface area contributed by atoms with Crippen molar-refractivity contribution in [2.24, 2.45) is 5.73 Å². The second-order valence-corrected chi connectivity index (χ2v) is 4.15. The maximum absolute atomic E-state index is 13.7. The van der Waals surface area contributed by atoms with Crippen molar-refractivity contribution in [2.75, 3.05) is 19.7 Å². The Morgan fingerprint density at radius 2 is 2.18 bits per heavy atom. The molecule has 0 radical (unpaired) electrons. The minimum Gasteiger partial charge on any atom is -0.395 e. The van der Waals surface area contributed by atoms with Crippen molar-refractivity contribution >= 4 is 17.2 Å². The van der Waals surface area contributed by atoms with E-state index in [2.05, 4.69) is 0 Å². The Balaban J connectivity index is 3.08. The zero-order chi connectivity index (χ0) is 12.8. The van der Waals surface area contributed by atoms with Crippen LogP contribution in [0.3, 0.4) is 0 Å². The smallest absolute Gasteiger partial charge is 0.128 e. The zero-order valence-electron chi connectivity index (χ0n) is 9.77. The molecule has 0 fully saturated rings. The Morgan fingerprint density at radius 1 is 1.53 bits per heavy atom. The maximum Gasteiger partial charge on any atom is 0.128 e. The van der Waals surface area contributed by atoms with Crippen LogP contribution in [0.2, 0.25) is 0 Å². The van der Waals surface area contributed by atoms with Gasteiger partial charge in [0.15, 0.2) is 0 Å². The molecular formula is C12H17FN2OS. The number of nitrogens with two attached hydrogens (primary N) is 1. The molecule has 1 rings (SSSR count). The summed E-state index contributed by atoms with van der Waals surface area (Å²) in [5, 5.41) is 9.00. The molecule has 0 spiro atoms. The molecule has 94 valence electrons. The van der Waals surface area contributed by atoms with Gasteiger partial charge in [0.05, 0.1) is 17.6 Å². The van der Waals surface area contributed by atoms with Gasteiger partial charge in [-0.25, -0.2) is 4.39 Å². The van der Waals surface area contributed by atoms with Crippen LogP contribution in [0.25, 0.3) is 0 Å². The third-order valence-corrected chi connectivity index (χ3v) is 2.85. The summed E-state index contributed by atoms with van der Waals surface area (Å²) in [6.07, 6.45) is 0. The van der Waals surface area contributed by atoms with Gasteiger partial charge in [0, 0.05) is 12.1 Å². The van der Waals surface area contributed by atoms with Gasteiger partial charge in [0.1, 0.15) is 5.82 Å². The predicted molar refractivity (Wildman–Crippen MR) is 70.3 cm³/mol. The van der Waals surface area contributed by atoms with Crippen LogP contribution >= 0.6 is 12.2 Å². The lowest BCUT2D eigenvalue weighted by Crippen LogP contribution is -2.39. The van der Waals surface area contributed by atoms with E-state index in [-0.39, 0.29) is 17.4 Å². The highest BCUT2D eigenvalue weighted by Gasteiger charge is 2.23. The molecule has 1 aromatic carbocycles. The number of aliphatic hydroxyl groups is 1. The van der Waals surface area contributed by atoms with Gasteiger partial charge in [-0.05, 0) is 12.6 Å². The molecule has 1 atom stereocenters. The number of hydrogen-bond donors (Lipinski definition) is 2. The summed E-state index contributed by atoms with van der Waals surface area (Å²) < 4.78 is 13.7. The van der Waals surface area contributed by atoms with Crippen LogP contribution in [0.1, 0.15) is 18.5 Å². The maximum atomic E-state index is 13.7. The molecule has 0 aliphatic heterocycles. The normalized spacial score (nSPS) is 12.7. The lowest BCUT2D eigenvalue weighted by molar-refractivity contribution is 0.184. The minimum absolute atomic E-state index is 0.0125. The molecule has 0 saturated carbocycles. The van der Waals surface area contributed by atoms with E-state index < -0.39 is 6.04 Å². The van der Waals surface area contributed by atoms with Crippen LogP contribution in [-0.2, 0) is 0 Å². The van der Waals surface area contributed by atoms with Crippen molar-refractivity contribution in [3.8, 4) is 0 Å². The fraction of sp³-hybridized carbons (Fsp3) is 0.417. The van der Waals surface area contributed by atoms with Crippen molar-refractivity contribution in [1.82, 2.24) is 4.90 Å². The average Bonchev–Trinajstić information content (AvgIpc) is 2.30. The molecule has 0 aromatic heterocycles. The van der Waals surface area contributed by atoms with Gasteiger partial charge in [0.25, 0.3) is 0 Å². The summed E-state index contributed by atoms with van der Waals surface area (Å²) in [7, 11) is 0. The van der Waals surface area contributed by atoms with Crippen molar-refractivity contribution in [1.29, 1.82) is 0 Å². The SMILES string of the molecule is CCN(CCO)C(C(N)=S)c1ccccc1F. The van der Waals surface area contributed by atoms with E-state index in [4.69, 9.17) is 23.1 Å². The van der Waals surface area contributed by atoms with E-state index in [0.717, 1.165) is 0 Å². The molecule has 17 heavy (non-hydrogen) atoms. The predicted octanol–water partition coefficient (Wildman–Crippen LogP) is 1.47. The highest BCUT2D eigenvalue weighted by molar-refractivity contribution is 7.80. The standard InChI is InChI=1S/C12H17FN2OS/c1-2-15(7-8-16)11(12(14)17)9-5-3-4-6-10(9)13/h3-6,11,16H,2,7-8H2,1H3,(H2,14,17).